The molecule has 0 bridgehead atoms. The normalized spacial score (nSPS) is 27.4. The average Bonchev–Trinajstić information content (AvgIpc) is 3.19. The first-order valence-electron chi connectivity index (χ1n) is 6.93. The van der Waals surface area contributed by atoms with Crippen molar-refractivity contribution in [2.75, 3.05) is 26.6 Å². The van der Waals surface area contributed by atoms with E-state index < -0.39 is 32.4 Å². The SMILES string of the molecule is CCS(=O)(=O)[C@@H]1[C@H](c2ccc(OC)cc2)[C@@]1(COC)C(=O)O. The Kier molecular flexibility index (Phi) is 4.49. The van der Waals surface area contributed by atoms with E-state index in [1.807, 2.05) is 0 Å². The van der Waals surface area contributed by atoms with Crippen molar-refractivity contribution < 1.29 is 27.8 Å². The molecule has 1 fully saturated rings. The van der Waals surface area contributed by atoms with E-state index in [1.165, 1.54) is 21.1 Å². The summed E-state index contributed by atoms with van der Waals surface area (Å²) in [6, 6.07) is 6.81. The monoisotopic (exact) mass is 328 g/mol. The Morgan fingerprint density at radius 3 is 2.27 bits per heavy atom. The molecule has 22 heavy (non-hydrogen) atoms. The highest BCUT2D eigenvalue weighted by molar-refractivity contribution is 7.92. The van der Waals surface area contributed by atoms with Gasteiger partial charge < -0.3 is 14.6 Å². The molecular weight excluding hydrogens is 308 g/mol. The van der Waals surface area contributed by atoms with Crippen LogP contribution >= 0.6 is 0 Å². The fourth-order valence-electron chi connectivity index (χ4n) is 3.12. The van der Waals surface area contributed by atoms with E-state index in [1.54, 1.807) is 24.3 Å². The predicted octanol–water partition coefficient (Wildman–Crippen LogP) is 1.31. The molecule has 1 aromatic rings. The topological polar surface area (TPSA) is 89.9 Å². The largest absolute Gasteiger partial charge is 0.497 e. The second-order valence-electron chi connectivity index (χ2n) is 5.40. The summed E-state index contributed by atoms with van der Waals surface area (Å²) in [6.45, 7) is 1.39. The fourth-order valence-corrected chi connectivity index (χ4v) is 5.17. The van der Waals surface area contributed by atoms with Crippen LogP contribution in [0, 0.1) is 5.41 Å². The number of sulfone groups is 1. The van der Waals surface area contributed by atoms with Gasteiger partial charge in [-0.2, -0.15) is 0 Å². The molecule has 1 aliphatic carbocycles. The highest BCUT2D eigenvalue weighted by atomic mass is 32.2. The second kappa shape index (κ2) is 5.89. The van der Waals surface area contributed by atoms with Crippen LogP contribution in [0.3, 0.4) is 0 Å². The molecule has 0 heterocycles. The molecule has 1 saturated carbocycles. The third-order valence-corrected chi connectivity index (χ3v) is 6.57. The molecule has 7 heteroatoms. The molecule has 0 unspecified atom stereocenters. The molecule has 0 amide bonds. The van der Waals surface area contributed by atoms with E-state index in [4.69, 9.17) is 9.47 Å². The van der Waals surface area contributed by atoms with Crippen LogP contribution < -0.4 is 4.74 Å². The van der Waals surface area contributed by atoms with Crippen molar-refractivity contribution in [1.82, 2.24) is 0 Å². The van der Waals surface area contributed by atoms with Crippen LogP contribution in [0.1, 0.15) is 18.4 Å². The number of carboxylic acids is 1. The lowest BCUT2D eigenvalue weighted by atomic mass is 10.00. The number of hydrogen-bond donors (Lipinski definition) is 1. The Hall–Kier alpha value is -1.60. The van der Waals surface area contributed by atoms with Crippen molar-refractivity contribution in [3.8, 4) is 5.75 Å². The highest BCUT2D eigenvalue weighted by Gasteiger charge is 2.75. The molecule has 0 radical (unpaired) electrons. The molecule has 0 aromatic heterocycles. The summed E-state index contributed by atoms with van der Waals surface area (Å²) < 4.78 is 34.7. The van der Waals surface area contributed by atoms with Gasteiger partial charge in [0.15, 0.2) is 9.84 Å². The summed E-state index contributed by atoms with van der Waals surface area (Å²) in [5, 5.41) is 8.67. The van der Waals surface area contributed by atoms with Gasteiger partial charge in [0.2, 0.25) is 0 Å². The van der Waals surface area contributed by atoms with Crippen molar-refractivity contribution in [2.45, 2.75) is 18.1 Å². The van der Waals surface area contributed by atoms with Crippen LogP contribution in [0.15, 0.2) is 24.3 Å². The van der Waals surface area contributed by atoms with Gasteiger partial charge in [0.25, 0.3) is 0 Å². The van der Waals surface area contributed by atoms with Crippen LogP contribution in [0.25, 0.3) is 0 Å². The minimum atomic E-state index is -3.50. The standard InChI is InChI=1S/C15H20O6S/c1-4-22(18,19)13-12(15(13,9-20-2)14(16)17)10-5-7-11(21-3)8-6-10/h5-8,12-13H,4,9H2,1-3H3,(H,16,17)/t12-,13+,15+/m0/s1. The lowest BCUT2D eigenvalue weighted by molar-refractivity contribution is -0.145. The number of methoxy groups -OCH3 is 2. The quantitative estimate of drug-likeness (QED) is 0.812. The Morgan fingerprint density at radius 2 is 1.86 bits per heavy atom. The molecule has 0 aliphatic heterocycles. The third kappa shape index (κ3) is 2.48. The number of rotatable bonds is 7. The maximum absolute atomic E-state index is 12.3. The maximum Gasteiger partial charge on any atom is 0.314 e. The first-order chi connectivity index (χ1) is 10.3. The molecule has 0 saturated heterocycles. The number of carboxylic acid groups (broad SMARTS) is 1. The first-order valence-corrected chi connectivity index (χ1v) is 8.64. The van der Waals surface area contributed by atoms with Crippen molar-refractivity contribution in [3.05, 3.63) is 29.8 Å². The zero-order valence-electron chi connectivity index (χ0n) is 12.8. The average molecular weight is 328 g/mol. The Labute approximate surface area is 130 Å². The van der Waals surface area contributed by atoms with Crippen LogP contribution in [-0.2, 0) is 19.4 Å². The summed E-state index contributed by atoms with van der Waals surface area (Å²) in [6.07, 6.45) is 0. The Bertz CT molecular complexity index is 651. The summed E-state index contributed by atoms with van der Waals surface area (Å²) >= 11 is 0. The third-order valence-electron chi connectivity index (χ3n) is 4.30. The summed E-state index contributed by atoms with van der Waals surface area (Å²) in [7, 11) is -0.596. The molecule has 3 atom stereocenters. The molecule has 1 N–H and O–H groups in total. The summed E-state index contributed by atoms with van der Waals surface area (Å²) in [5.41, 5.74) is -0.750. The predicted molar refractivity (Wildman–Crippen MR) is 80.9 cm³/mol. The molecule has 0 spiro atoms. The molecule has 6 nitrogen and oxygen atoms in total. The zero-order chi connectivity index (χ0) is 16.5. The number of hydrogen-bond acceptors (Lipinski definition) is 5. The smallest absolute Gasteiger partial charge is 0.314 e. The van der Waals surface area contributed by atoms with E-state index in [-0.39, 0.29) is 12.4 Å². The van der Waals surface area contributed by atoms with Crippen molar-refractivity contribution >= 4 is 15.8 Å². The Morgan fingerprint density at radius 1 is 1.27 bits per heavy atom. The fraction of sp³-hybridized carbons (Fsp3) is 0.533. The van der Waals surface area contributed by atoms with Gasteiger partial charge in [-0.25, -0.2) is 8.42 Å². The van der Waals surface area contributed by atoms with E-state index in [0.717, 1.165) is 0 Å². The van der Waals surface area contributed by atoms with Crippen molar-refractivity contribution in [3.63, 3.8) is 0 Å². The van der Waals surface area contributed by atoms with Gasteiger partial charge in [0.1, 0.15) is 11.2 Å². The van der Waals surface area contributed by atoms with E-state index in [9.17, 15) is 18.3 Å². The molecule has 1 aromatic carbocycles. The van der Waals surface area contributed by atoms with Gasteiger partial charge in [-0.3, -0.25) is 4.79 Å². The lowest BCUT2D eigenvalue weighted by Crippen LogP contribution is -2.29. The number of benzene rings is 1. The van der Waals surface area contributed by atoms with Crippen molar-refractivity contribution in [1.29, 1.82) is 0 Å². The van der Waals surface area contributed by atoms with E-state index in [0.29, 0.717) is 11.3 Å². The zero-order valence-corrected chi connectivity index (χ0v) is 13.6. The van der Waals surface area contributed by atoms with Gasteiger partial charge >= 0.3 is 5.97 Å². The molecular formula is C15H20O6S. The number of carbonyl (C=O) groups is 1. The van der Waals surface area contributed by atoms with Crippen LogP contribution in [-0.4, -0.2) is 51.3 Å². The van der Waals surface area contributed by atoms with Crippen molar-refractivity contribution in [2.24, 2.45) is 5.41 Å². The minimum absolute atomic E-state index is 0.0942. The highest BCUT2D eigenvalue weighted by Crippen LogP contribution is 2.63. The van der Waals surface area contributed by atoms with Crippen LogP contribution in [0.2, 0.25) is 0 Å². The second-order valence-corrected chi connectivity index (χ2v) is 7.81. The number of aliphatic carboxylic acids is 1. The maximum atomic E-state index is 12.3. The minimum Gasteiger partial charge on any atom is -0.497 e. The van der Waals surface area contributed by atoms with Gasteiger partial charge in [0, 0.05) is 18.8 Å². The van der Waals surface area contributed by atoms with Gasteiger partial charge in [0.05, 0.1) is 19.0 Å². The molecule has 122 valence electrons. The molecule has 2 rings (SSSR count). The lowest BCUT2D eigenvalue weighted by Gasteiger charge is -2.11. The van der Waals surface area contributed by atoms with E-state index in [2.05, 4.69) is 0 Å². The van der Waals surface area contributed by atoms with E-state index >= 15 is 0 Å². The van der Waals surface area contributed by atoms with Gasteiger partial charge in [-0.1, -0.05) is 19.1 Å². The van der Waals surface area contributed by atoms with Crippen LogP contribution in [0.5, 0.6) is 5.75 Å². The number of ether oxygens (including phenoxy) is 2. The summed E-state index contributed by atoms with van der Waals surface area (Å²) in [5.74, 6) is -1.21. The Balaban J connectivity index is 2.48. The molecule has 1 aliphatic rings. The van der Waals surface area contributed by atoms with Gasteiger partial charge in [-0.15, -0.1) is 0 Å². The van der Waals surface area contributed by atoms with Gasteiger partial charge in [-0.05, 0) is 17.7 Å². The first kappa shape index (κ1) is 16.8. The van der Waals surface area contributed by atoms with Crippen LogP contribution in [0.4, 0.5) is 0 Å². The summed E-state index contributed by atoms with van der Waals surface area (Å²) in [4.78, 5) is 11.8.